The molecule has 1 heterocycles. The van der Waals surface area contributed by atoms with Gasteiger partial charge >= 0.3 is 5.97 Å². The predicted molar refractivity (Wildman–Crippen MR) is 117 cm³/mol. The Kier molecular flexibility index (Phi) is 5.73. The Balaban J connectivity index is 1.69. The molecule has 1 aliphatic carbocycles. The van der Waals surface area contributed by atoms with Crippen molar-refractivity contribution in [3.05, 3.63) is 58.1 Å². The molecule has 1 aliphatic heterocycles. The quantitative estimate of drug-likeness (QED) is 0.484. The van der Waals surface area contributed by atoms with Crippen molar-refractivity contribution in [3.63, 3.8) is 0 Å². The van der Waals surface area contributed by atoms with Crippen LogP contribution in [0, 0.1) is 19.8 Å². The molecular weight excluding hydrogens is 400 g/mol. The van der Waals surface area contributed by atoms with Gasteiger partial charge in [-0.15, -0.1) is 0 Å². The van der Waals surface area contributed by atoms with E-state index in [9.17, 15) is 9.59 Å². The SMILES string of the molecule is COCC1CCC2(CC1)OC(=O)C(c1c(C)ccc(-c3ccc(Cl)cc3)c1C)C2=O. The summed E-state index contributed by atoms with van der Waals surface area (Å²) in [6.07, 6.45) is 2.83. The molecule has 2 aromatic rings. The van der Waals surface area contributed by atoms with Gasteiger partial charge in [0.25, 0.3) is 0 Å². The van der Waals surface area contributed by atoms with E-state index in [4.69, 9.17) is 21.1 Å². The zero-order valence-corrected chi connectivity index (χ0v) is 18.4. The van der Waals surface area contributed by atoms with Crippen LogP contribution in [-0.4, -0.2) is 31.1 Å². The van der Waals surface area contributed by atoms with E-state index in [0.29, 0.717) is 30.4 Å². The second kappa shape index (κ2) is 8.16. The van der Waals surface area contributed by atoms with Gasteiger partial charge in [-0.05, 0) is 85.4 Å². The fourth-order valence-corrected chi connectivity index (χ4v) is 5.19. The molecule has 0 bridgehead atoms. The normalized spacial score (nSPS) is 26.3. The van der Waals surface area contributed by atoms with Gasteiger partial charge in [0, 0.05) is 18.7 Å². The standard InChI is InChI=1S/C25H27ClO4/c1-15-4-9-20(18-5-7-19(26)8-6-18)16(2)21(15)22-23(27)25(30-24(22)28)12-10-17(11-13-25)14-29-3/h4-9,17,22H,10-14H2,1-3H3. The van der Waals surface area contributed by atoms with Gasteiger partial charge in [-0.1, -0.05) is 35.9 Å². The van der Waals surface area contributed by atoms with Gasteiger partial charge in [0.05, 0.1) is 0 Å². The minimum Gasteiger partial charge on any atom is -0.450 e. The molecule has 30 heavy (non-hydrogen) atoms. The summed E-state index contributed by atoms with van der Waals surface area (Å²) in [5, 5.41) is 0.671. The van der Waals surface area contributed by atoms with Crippen molar-refractivity contribution in [2.24, 2.45) is 5.92 Å². The van der Waals surface area contributed by atoms with Gasteiger partial charge in [0.2, 0.25) is 0 Å². The highest BCUT2D eigenvalue weighted by atomic mass is 35.5. The Morgan fingerprint density at radius 3 is 2.37 bits per heavy atom. The number of esters is 1. The zero-order chi connectivity index (χ0) is 21.5. The monoisotopic (exact) mass is 426 g/mol. The predicted octanol–water partition coefficient (Wildman–Crippen LogP) is 5.41. The maximum absolute atomic E-state index is 13.6. The van der Waals surface area contributed by atoms with Gasteiger partial charge in [-0.2, -0.15) is 0 Å². The van der Waals surface area contributed by atoms with E-state index in [-0.39, 0.29) is 5.78 Å². The molecule has 0 radical (unpaired) electrons. The molecule has 1 saturated carbocycles. The summed E-state index contributed by atoms with van der Waals surface area (Å²) in [7, 11) is 1.69. The Morgan fingerprint density at radius 2 is 1.73 bits per heavy atom. The number of hydrogen-bond donors (Lipinski definition) is 0. The highest BCUT2D eigenvalue weighted by Gasteiger charge is 2.57. The third-order valence-electron chi connectivity index (χ3n) is 6.73. The molecule has 2 aliphatic rings. The van der Waals surface area contributed by atoms with E-state index >= 15 is 0 Å². The van der Waals surface area contributed by atoms with E-state index in [1.54, 1.807) is 7.11 Å². The lowest BCUT2D eigenvalue weighted by molar-refractivity contribution is -0.156. The second-order valence-electron chi connectivity index (χ2n) is 8.59. The number of hydrogen-bond acceptors (Lipinski definition) is 4. The lowest BCUT2D eigenvalue weighted by atomic mass is 9.73. The second-order valence-corrected chi connectivity index (χ2v) is 9.02. The van der Waals surface area contributed by atoms with Crippen LogP contribution >= 0.6 is 11.6 Å². The molecule has 1 saturated heterocycles. The number of methoxy groups -OCH3 is 1. The summed E-state index contributed by atoms with van der Waals surface area (Å²) >= 11 is 6.04. The van der Waals surface area contributed by atoms with E-state index < -0.39 is 17.5 Å². The molecule has 1 unspecified atom stereocenters. The average Bonchev–Trinajstić information content (AvgIpc) is 2.95. The van der Waals surface area contributed by atoms with Gasteiger partial charge in [0.15, 0.2) is 11.4 Å². The molecule has 5 heteroatoms. The number of carbonyl (C=O) groups is 2. The van der Waals surface area contributed by atoms with E-state index in [2.05, 4.69) is 0 Å². The summed E-state index contributed by atoms with van der Waals surface area (Å²) in [5.74, 6) is -0.924. The third kappa shape index (κ3) is 3.57. The number of Topliss-reactive ketones (excluding diaryl/α,β-unsaturated/α-hetero) is 1. The first-order valence-electron chi connectivity index (χ1n) is 10.5. The van der Waals surface area contributed by atoms with Crippen molar-refractivity contribution in [1.29, 1.82) is 0 Å². The molecule has 2 aromatic carbocycles. The molecule has 2 fully saturated rings. The van der Waals surface area contributed by atoms with Crippen LogP contribution in [0.1, 0.15) is 48.3 Å². The lowest BCUT2D eigenvalue weighted by Gasteiger charge is -2.34. The van der Waals surface area contributed by atoms with Crippen LogP contribution in [0.3, 0.4) is 0 Å². The Labute approximate surface area is 182 Å². The zero-order valence-electron chi connectivity index (χ0n) is 17.7. The first kappa shape index (κ1) is 21.1. The number of aryl methyl sites for hydroxylation is 1. The molecule has 4 nitrogen and oxygen atoms in total. The van der Waals surface area contributed by atoms with Crippen molar-refractivity contribution >= 4 is 23.4 Å². The Bertz CT molecular complexity index is 971. The molecular formula is C25H27ClO4. The minimum atomic E-state index is -0.971. The molecule has 0 amide bonds. The Morgan fingerprint density at radius 1 is 1.07 bits per heavy atom. The molecule has 1 atom stereocenters. The molecule has 1 spiro atoms. The molecule has 4 rings (SSSR count). The fourth-order valence-electron chi connectivity index (χ4n) is 5.07. The maximum atomic E-state index is 13.6. The third-order valence-corrected chi connectivity index (χ3v) is 6.99. The minimum absolute atomic E-state index is 0.0807. The highest BCUT2D eigenvalue weighted by molar-refractivity contribution is 6.30. The van der Waals surface area contributed by atoms with Crippen LogP contribution < -0.4 is 0 Å². The first-order chi connectivity index (χ1) is 14.4. The smallest absolute Gasteiger partial charge is 0.322 e. The van der Waals surface area contributed by atoms with Crippen LogP contribution in [0.4, 0.5) is 0 Å². The maximum Gasteiger partial charge on any atom is 0.322 e. The summed E-state index contributed by atoms with van der Waals surface area (Å²) in [4.78, 5) is 26.5. The Hall–Kier alpha value is -2.17. The largest absolute Gasteiger partial charge is 0.450 e. The van der Waals surface area contributed by atoms with E-state index in [0.717, 1.165) is 40.7 Å². The number of carbonyl (C=O) groups excluding carboxylic acids is 2. The average molecular weight is 427 g/mol. The first-order valence-corrected chi connectivity index (χ1v) is 10.9. The highest BCUT2D eigenvalue weighted by Crippen LogP contribution is 2.46. The summed E-state index contributed by atoms with van der Waals surface area (Å²) in [5.41, 5.74) is 3.70. The lowest BCUT2D eigenvalue weighted by Crippen LogP contribution is -2.41. The number of ketones is 1. The van der Waals surface area contributed by atoms with Crippen molar-refractivity contribution in [1.82, 2.24) is 0 Å². The van der Waals surface area contributed by atoms with Crippen molar-refractivity contribution in [2.75, 3.05) is 13.7 Å². The molecule has 0 aromatic heterocycles. The van der Waals surface area contributed by atoms with E-state index in [1.807, 2.05) is 50.2 Å². The summed E-state index contributed by atoms with van der Waals surface area (Å²) in [6, 6.07) is 11.6. The van der Waals surface area contributed by atoms with Gasteiger partial charge in [-0.3, -0.25) is 9.59 Å². The molecule has 158 valence electrons. The van der Waals surface area contributed by atoms with E-state index in [1.165, 1.54) is 0 Å². The van der Waals surface area contributed by atoms with Crippen LogP contribution in [0.2, 0.25) is 5.02 Å². The van der Waals surface area contributed by atoms with Gasteiger partial charge < -0.3 is 9.47 Å². The number of halogens is 1. The van der Waals surface area contributed by atoms with Crippen molar-refractivity contribution < 1.29 is 19.1 Å². The van der Waals surface area contributed by atoms with Crippen molar-refractivity contribution in [2.45, 2.75) is 51.0 Å². The van der Waals surface area contributed by atoms with Gasteiger partial charge in [0.1, 0.15) is 5.92 Å². The van der Waals surface area contributed by atoms with Crippen molar-refractivity contribution in [3.8, 4) is 11.1 Å². The van der Waals surface area contributed by atoms with Crippen LogP contribution in [0.25, 0.3) is 11.1 Å². The number of benzene rings is 2. The summed E-state index contributed by atoms with van der Waals surface area (Å²) in [6.45, 7) is 4.62. The number of rotatable bonds is 4. The number of ether oxygens (including phenoxy) is 2. The van der Waals surface area contributed by atoms with Crippen LogP contribution in [0.15, 0.2) is 36.4 Å². The van der Waals surface area contributed by atoms with Crippen LogP contribution in [0.5, 0.6) is 0 Å². The topological polar surface area (TPSA) is 52.6 Å². The fraction of sp³-hybridized carbons (Fsp3) is 0.440. The summed E-state index contributed by atoms with van der Waals surface area (Å²) < 4.78 is 11.1. The van der Waals surface area contributed by atoms with Gasteiger partial charge in [-0.25, -0.2) is 0 Å². The van der Waals surface area contributed by atoms with Crippen LogP contribution in [-0.2, 0) is 19.1 Å². The molecule has 0 N–H and O–H groups in total.